The Morgan fingerprint density at radius 1 is 1.04 bits per heavy atom. The monoisotopic (exact) mass is 342 g/mol. The molecule has 2 aromatic rings. The lowest BCUT2D eigenvalue weighted by atomic mass is 10.2. The van der Waals surface area contributed by atoms with Crippen LogP contribution in [0.3, 0.4) is 0 Å². The van der Waals surface area contributed by atoms with E-state index in [9.17, 15) is 9.59 Å². The third-order valence-electron chi connectivity index (χ3n) is 3.60. The highest BCUT2D eigenvalue weighted by Gasteiger charge is 2.18. The maximum atomic E-state index is 12.1. The highest BCUT2D eigenvalue weighted by molar-refractivity contribution is 7.99. The molecule has 0 aliphatic carbocycles. The molecular formula is C18H18N2O3S. The van der Waals surface area contributed by atoms with E-state index >= 15 is 0 Å². The zero-order valence-corrected chi connectivity index (χ0v) is 13.9. The Kier molecular flexibility index (Phi) is 5.38. The number of rotatable bonds is 5. The van der Waals surface area contributed by atoms with Crippen LogP contribution < -0.4 is 10.1 Å². The van der Waals surface area contributed by atoms with Crippen LogP contribution >= 0.6 is 11.8 Å². The smallest absolute Gasteiger partial charge is 0.251 e. The molecule has 0 aromatic heterocycles. The van der Waals surface area contributed by atoms with Gasteiger partial charge in [0.2, 0.25) is 5.91 Å². The lowest BCUT2D eigenvalue weighted by Gasteiger charge is -2.14. The number of nitrogens with zero attached hydrogens (tertiary/aromatic N) is 1. The minimum Gasteiger partial charge on any atom is -0.457 e. The molecule has 1 aliphatic heterocycles. The summed E-state index contributed by atoms with van der Waals surface area (Å²) in [6.45, 7) is 0.784. The first-order valence-corrected chi connectivity index (χ1v) is 8.84. The van der Waals surface area contributed by atoms with Gasteiger partial charge in [-0.05, 0) is 36.4 Å². The van der Waals surface area contributed by atoms with Crippen molar-refractivity contribution < 1.29 is 14.3 Å². The van der Waals surface area contributed by atoms with Crippen molar-refractivity contribution in [3.63, 3.8) is 0 Å². The Balaban J connectivity index is 1.52. The number of carbonyl (C=O) groups excluding carboxylic acids is 2. The zero-order chi connectivity index (χ0) is 16.8. The van der Waals surface area contributed by atoms with Crippen LogP contribution in [0.1, 0.15) is 10.4 Å². The summed E-state index contributed by atoms with van der Waals surface area (Å²) in [7, 11) is 0. The molecule has 1 fully saturated rings. The van der Waals surface area contributed by atoms with E-state index in [2.05, 4.69) is 5.32 Å². The largest absolute Gasteiger partial charge is 0.457 e. The number of amides is 2. The first-order valence-electron chi connectivity index (χ1n) is 7.69. The van der Waals surface area contributed by atoms with Crippen molar-refractivity contribution in [2.75, 3.05) is 24.7 Å². The van der Waals surface area contributed by atoms with E-state index in [-0.39, 0.29) is 18.4 Å². The van der Waals surface area contributed by atoms with Crippen LogP contribution in [0.15, 0.2) is 54.6 Å². The lowest BCUT2D eigenvalue weighted by Crippen LogP contribution is -2.38. The third kappa shape index (κ3) is 4.29. The Bertz CT molecular complexity index is 698. The fourth-order valence-corrected chi connectivity index (χ4v) is 3.25. The molecule has 2 amide bonds. The standard InChI is InChI=1S/C18H18N2O3S/c21-17(20-10-11-24-13-20)12-19-18(22)14-6-8-16(9-7-14)23-15-4-2-1-3-5-15/h1-9H,10-13H2,(H,19,22). The molecule has 0 atom stereocenters. The van der Waals surface area contributed by atoms with Gasteiger partial charge in [0.1, 0.15) is 11.5 Å². The van der Waals surface area contributed by atoms with E-state index in [1.165, 1.54) is 0 Å². The van der Waals surface area contributed by atoms with E-state index in [1.807, 2.05) is 30.3 Å². The van der Waals surface area contributed by atoms with Crippen molar-refractivity contribution in [2.24, 2.45) is 0 Å². The predicted octanol–water partition coefficient (Wildman–Crippen LogP) is 2.74. The molecule has 24 heavy (non-hydrogen) atoms. The third-order valence-corrected chi connectivity index (χ3v) is 4.57. The number of nitrogens with one attached hydrogen (secondary N) is 1. The molecular weight excluding hydrogens is 324 g/mol. The van der Waals surface area contributed by atoms with Gasteiger partial charge < -0.3 is 15.0 Å². The van der Waals surface area contributed by atoms with Crippen LogP contribution in [-0.2, 0) is 4.79 Å². The Morgan fingerprint density at radius 2 is 1.75 bits per heavy atom. The quantitative estimate of drug-likeness (QED) is 0.908. The SMILES string of the molecule is O=C(NCC(=O)N1CCSC1)c1ccc(Oc2ccccc2)cc1. The molecule has 3 rings (SSSR count). The normalized spacial score (nSPS) is 13.6. The van der Waals surface area contributed by atoms with Gasteiger partial charge in [-0.25, -0.2) is 0 Å². The van der Waals surface area contributed by atoms with Crippen LogP contribution in [-0.4, -0.2) is 41.4 Å². The maximum Gasteiger partial charge on any atom is 0.251 e. The molecule has 0 unspecified atom stereocenters. The molecule has 0 saturated carbocycles. The van der Waals surface area contributed by atoms with Crippen molar-refractivity contribution in [3.05, 3.63) is 60.2 Å². The van der Waals surface area contributed by atoms with Crippen LogP contribution in [0.2, 0.25) is 0 Å². The molecule has 0 bridgehead atoms. The fourth-order valence-electron chi connectivity index (χ4n) is 2.28. The summed E-state index contributed by atoms with van der Waals surface area (Å²) in [5.41, 5.74) is 0.499. The summed E-state index contributed by atoms with van der Waals surface area (Å²) in [6, 6.07) is 16.3. The van der Waals surface area contributed by atoms with Crippen LogP contribution in [0.4, 0.5) is 0 Å². The molecule has 6 heteroatoms. The van der Waals surface area contributed by atoms with Crippen LogP contribution in [0, 0.1) is 0 Å². The minimum absolute atomic E-state index is 0.0294. The van der Waals surface area contributed by atoms with Crippen LogP contribution in [0.25, 0.3) is 0 Å². The second-order valence-corrected chi connectivity index (χ2v) is 6.39. The number of ether oxygens (including phenoxy) is 1. The zero-order valence-electron chi connectivity index (χ0n) is 13.1. The second kappa shape index (κ2) is 7.88. The second-order valence-electron chi connectivity index (χ2n) is 5.32. The summed E-state index contributed by atoms with van der Waals surface area (Å²) in [6.07, 6.45) is 0. The van der Waals surface area contributed by atoms with E-state index < -0.39 is 0 Å². The average Bonchev–Trinajstić information content (AvgIpc) is 3.16. The molecule has 1 saturated heterocycles. The van der Waals surface area contributed by atoms with E-state index in [4.69, 9.17) is 4.74 Å². The number of hydrogen-bond donors (Lipinski definition) is 1. The van der Waals surface area contributed by atoms with Gasteiger partial charge in [0.05, 0.1) is 12.4 Å². The molecule has 5 nitrogen and oxygen atoms in total. The van der Waals surface area contributed by atoms with Crippen molar-refractivity contribution >= 4 is 23.6 Å². The molecule has 1 aliphatic rings. The van der Waals surface area contributed by atoms with Gasteiger partial charge in [-0.3, -0.25) is 9.59 Å². The van der Waals surface area contributed by atoms with Gasteiger partial charge in [-0.15, -0.1) is 11.8 Å². The first kappa shape index (κ1) is 16.4. The number of para-hydroxylation sites is 1. The van der Waals surface area contributed by atoms with Gasteiger partial charge in [-0.2, -0.15) is 0 Å². The maximum absolute atomic E-state index is 12.1. The van der Waals surface area contributed by atoms with Gasteiger partial charge in [0.15, 0.2) is 0 Å². The summed E-state index contributed by atoms with van der Waals surface area (Å²) >= 11 is 1.72. The summed E-state index contributed by atoms with van der Waals surface area (Å²) in [5, 5.41) is 2.66. The van der Waals surface area contributed by atoms with Gasteiger partial charge >= 0.3 is 0 Å². The number of thioether (sulfide) groups is 1. The highest BCUT2D eigenvalue weighted by Crippen LogP contribution is 2.21. The van der Waals surface area contributed by atoms with E-state index in [0.29, 0.717) is 17.2 Å². The summed E-state index contributed by atoms with van der Waals surface area (Å²) in [5.74, 6) is 2.76. The molecule has 1 N–H and O–H groups in total. The van der Waals surface area contributed by atoms with Gasteiger partial charge in [0, 0.05) is 17.9 Å². The molecule has 2 aromatic carbocycles. The molecule has 0 radical (unpaired) electrons. The van der Waals surface area contributed by atoms with E-state index in [0.717, 1.165) is 18.0 Å². The van der Waals surface area contributed by atoms with Crippen molar-refractivity contribution in [1.29, 1.82) is 0 Å². The average molecular weight is 342 g/mol. The van der Waals surface area contributed by atoms with Gasteiger partial charge in [-0.1, -0.05) is 18.2 Å². The van der Waals surface area contributed by atoms with Crippen molar-refractivity contribution in [1.82, 2.24) is 10.2 Å². The predicted molar refractivity (Wildman–Crippen MR) is 94.3 cm³/mol. The topological polar surface area (TPSA) is 58.6 Å². The Morgan fingerprint density at radius 3 is 2.42 bits per heavy atom. The molecule has 124 valence electrons. The number of carbonyl (C=O) groups is 2. The van der Waals surface area contributed by atoms with Gasteiger partial charge in [0.25, 0.3) is 5.91 Å². The Hall–Kier alpha value is -2.47. The summed E-state index contributed by atoms with van der Waals surface area (Å²) in [4.78, 5) is 25.8. The number of hydrogen-bond acceptors (Lipinski definition) is 4. The minimum atomic E-state index is -0.263. The fraction of sp³-hybridized carbons (Fsp3) is 0.222. The lowest BCUT2D eigenvalue weighted by molar-refractivity contribution is -0.128. The van der Waals surface area contributed by atoms with Crippen LogP contribution in [0.5, 0.6) is 11.5 Å². The highest BCUT2D eigenvalue weighted by atomic mass is 32.2. The van der Waals surface area contributed by atoms with Crippen molar-refractivity contribution in [2.45, 2.75) is 0 Å². The molecule has 1 heterocycles. The molecule has 0 spiro atoms. The van der Waals surface area contributed by atoms with Crippen molar-refractivity contribution in [3.8, 4) is 11.5 Å². The summed E-state index contributed by atoms with van der Waals surface area (Å²) < 4.78 is 5.68. The number of benzene rings is 2. The van der Waals surface area contributed by atoms with E-state index in [1.54, 1.807) is 40.9 Å². The Labute approximate surface area is 145 Å². The first-order chi connectivity index (χ1) is 11.7.